The van der Waals surface area contributed by atoms with E-state index in [2.05, 4.69) is 0 Å². The molecule has 7 heteroatoms. The number of hydrogen-bond acceptors (Lipinski definition) is 6. The van der Waals surface area contributed by atoms with Gasteiger partial charge in [-0.3, -0.25) is 14.9 Å². The Bertz CT molecular complexity index is 507. The van der Waals surface area contributed by atoms with Crippen LogP contribution in [-0.2, 0) is 9.53 Å². The van der Waals surface area contributed by atoms with Crippen LogP contribution in [0.25, 0.3) is 0 Å². The highest BCUT2D eigenvalue weighted by atomic mass is 16.6. The van der Waals surface area contributed by atoms with Crippen molar-refractivity contribution in [3.8, 4) is 6.07 Å². The second-order valence-corrected chi connectivity index (χ2v) is 4.01. The zero-order valence-electron chi connectivity index (χ0n) is 11.1. The number of nitro benzene ring substituents is 1. The summed E-state index contributed by atoms with van der Waals surface area (Å²) in [5, 5.41) is 19.2. The lowest BCUT2D eigenvalue weighted by Crippen LogP contribution is -2.28. The second kappa shape index (κ2) is 7.74. The first kappa shape index (κ1) is 15.4. The van der Waals surface area contributed by atoms with Crippen LogP contribution >= 0.6 is 0 Å². The first-order valence-electron chi connectivity index (χ1n) is 6.04. The van der Waals surface area contributed by atoms with Crippen molar-refractivity contribution in [2.24, 2.45) is 0 Å². The molecule has 20 heavy (non-hydrogen) atoms. The Kier molecular flexibility index (Phi) is 5.97. The van der Waals surface area contributed by atoms with Gasteiger partial charge in [-0.15, -0.1) is 0 Å². The molecule has 0 fully saturated rings. The van der Waals surface area contributed by atoms with Gasteiger partial charge in [0.15, 0.2) is 0 Å². The molecule has 0 aliphatic carbocycles. The predicted octanol–water partition coefficient (Wildman–Crippen LogP) is 1.88. The lowest BCUT2D eigenvalue weighted by molar-refractivity contribution is -0.384. The van der Waals surface area contributed by atoms with E-state index in [-0.39, 0.29) is 18.3 Å². The maximum atomic E-state index is 10.7. The number of carbonyl (C=O) groups is 1. The van der Waals surface area contributed by atoms with E-state index in [1.54, 1.807) is 12.1 Å². The molecular weight excluding hydrogens is 262 g/mol. The van der Waals surface area contributed by atoms with E-state index in [1.165, 1.54) is 19.1 Å². The minimum atomic E-state index is -0.470. The molecule has 1 aromatic rings. The molecule has 0 unspecified atom stereocenters. The zero-order chi connectivity index (χ0) is 15.0. The van der Waals surface area contributed by atoms with Crippen molar-refractivity contribution in [3.63, 3.8) is 0 Å². The fourth-order valence-electron chi connectivity index (χ4n) is 1.64. The van der Waals surface area contributed by atoms with Gasteiger partial charge in [-0.25, -0.2) is 0 Å². The average Bonchev–Trinajstić information content (AvgIpc) is 2.42. The van der Waals surface area contributed by atoms with Gasteiger partial charge in [0.2, 0.25) is 0 Å². The van der Waals surface area contributed by atoms with Crippen LogP contribution in [-0.4, -0.2) is 30.6 Å². The molecule has 1 aromatic carbocycles. The number of nitro groups is 1. The smallest absolute Gasteiger partial charge is 0.302 e. The topological polar surface area (TPSA) is 96.5 Å². The van der Waals surface area contributed by atoms with Gasteiger partial charge in [-0.1, -0.05) is 0 Å². The summed E-state index contributed by atoms with van der Waals surface area (Å²) >= 11 is 0. The summed E-state index contributed by atoms with van der Waals surface area (Å²) in [5.74, 6) is -0.367. The van der Waals surface area contributed by atoms with E-state index < -0.39 is 4.92 Å². The minimum Gasteiger partial charge on any atom is -0.464 e. The third-order valence-corrected chi connectivity index (χ3v) is 2.59. The van der Waals surface area contributed by atoms with Crippen molar-refractivity contribution >= 4 is 17.3 Å². The van der Waals surface area contributed by atoms with Gasteiger partial charge >= 0.3 is 5.97 Å². The third kappa shape index (κ3) is 4.94. The highest BCUT2D eigenvalue weighted by Crippen LogP contribution is 2.19. The first-order valence-corrected chi connectivity index (χ1v) is 6.04. The van der Waals surface area contributed by atoms with Crippen molar-refractivity contribution in [1.82, 2.24) is 0 Å². The molecule has 0 radical (unpaired) electrons. The van der Waals surface area contributed by atoms with E-state index >= 15 is 0 Å². The van der Waals surface area contributed by atoms with Crippen LogP contribution in [0.15, 0.2) is 24.3 Å². The number of ether oxygens (including phenoxy) is 1. The number of nitrogens with zero attached hydrogens (tertiary/aromatic N) is 3. The van der Waals surface area contributed by atoms with Crippen LogP contribution in [0.1, 0.15) is 13.3 Å². The number of rotatable bonds is 7. The number of carbonyl (C=O) groups excluding carboxylic acids is 1. The van der Waals surface area contributed by atoms with Crippen LogP contribution in [0.5, 0.6) is 0 Å². The normalized spacial score (nSPS) is 9.60. The highest BCUT2D eigenvalue weighted by Gasteiger charge is 2.10. The Balaban J connectivity index is 2.73. The maximum Gasteiger partial charge on any atom is 0.302 e. The highest BCUT2D eigenvalue weighted by molar-refractivity contribution is 5.65. The van der Waals surface area contributed by atoms with Crippen LogP contribution in [0.4, 0.5) is 11.4 Å². The molecule has 0 heterocycles. The van der Waals surface area contributed by atoms with E-state index in [4.69, 9.17) is 10.00 Å². The fourth-order valence-corrected chi connectivity index (χ4v) is 1.64. The fraction of sp³-hybridized carbons (Fsp3) is 0.385. The van der Waals surface area contributed by atoms with Crippen LogP contribution in [0.3, 0.4) is 0 Å². The Morgan fingerprint density at radius 3 is 2.55 bits per heavy atom. The van der Waals surface area contributed by atoms with Gasteiger partial charge in [-0.05, 0) is 12.1 Å². The maximum absolute atomic E-state index is 10.7. The average molecular weight is 277 g/mol. The number of anilines is 1. The standard InChI is InChI=1S/C13H15N3O4/c1-11(17)20-10-9-15(8-2-7-14)12-3-5-13(6-4-12)16(18)19/h3-6H,2,8-10H2,1H3. The Morgan fingerprint density at radius 2 is 2.05 bits per heavy atom. The first-order chi connectivity index (χ1) is 9.54. The minimum absolute atomic E-state index is 0.00830. The summed E-state index contributed by atoms with van der Waals surface area (Å²) in [4.78, 5) is 22.7. The third-order valence-electron chi connectivity index (χ3n) is 2.59. The quantitative estimate of drug-likeness (QED) is 0.429. The SMILES string of the molecule is CC(=O)OCCN(CCC#N)c1ccc([N+](=O)[O-])cc1. The molecule has 0 bridgehead atoms. The molecule has 1 rings (SSSR count). The predicted molar refractivity (Wildman–Crippen MR) is 72.2 cm³/mol. The number of hydrogen-bond donors (Lipinski definition) is 0. The van der Waals surface area contributed by atoms with Crippen LogP contribution in [0, 0.1) is 21.4 Å². The van der Waals surface area contributed by atoms with E-state index in [0.717, 1.165) is 5.69 Å². The summed E-state index contributed by atoms with van der Waals surface area (Å²) in [6.45, 7) is 2.43. The number of esters is 1. The number of benzene rings is 1. The zero-order valence-corrected chi connectivity index (χ0v) is 11.1. The van der Waals surface area contributed by atoms with E-state index in [9.17, 15) is 14.9 Å². The molecule has 0 saturated heterocycles. The molecule has 0 saturated carbocycles. The van der Waals surface area contributed by atoms with Gasteiger partial charge in [0, 0.05) is 31.3 Å². The molecule has 0 aliphatic heterocycles. The van der Waals surface area contributed by atoms with Crippen molar-refractivity contribution in [2.45, 2.75) is 13.3 Å². The summed E-state index contributed by atoms with van der Waals surface area (Å²) in [6.07, 6.45) is 0.317. The van der Waals surface area contributed by atoms with Gasteiger partial charge in [0.1, 0.15) is 6.61 Å². The van der Waals surface area contributed by atoms with Gasteiger partial charge in [0.25, 0.3) is 5.69 Å². The molecule has 0 aromatic heterocycles. The Morgan fingerprint density at radius 1 is 1.40 bits per heavy atom. The van der Waals surface area contributed by atoms with Gasteiger partial charge in [0.05, 0.1) is 24.0 Å². The lowest BCUT2D eigenvalue weighted by Gasteiger charge is -2.23. The molecule has 0 aliphatic rings. The molecule has 106 valence electrons. The van der Waals surface area contributed by atoms with Crippen molar-refractivity contribution in [2.75, 3.05) is 24.6 Å². The summed E-state index contributed by atoms with van der Waals surface area (Å²) in [5.41, 5.74) is 0.756. The molecule has 7 nitrogen and oxygen atoms in total. The van der Waals surface area contributed by atoms with E-state index in [0.29, 0.717) is 19.5 Å². The van der Waals surface area contributed by atoms with Gasteiger partial charge in [-0.2, -0.15) is 5.26 Å². The van der Waals surface area contributed by atoms with Crippen molar-refractivity contribution in [3.05, 3.63) is 34.4 Å². The Labute approximate surface area is 116 Å². The van der Waals surface area contributed by atoms with Crippen molar-refractivity contribution in [1.29, 1.82) is 5.26 Å². The summed E-state index contributed by atoms with van der Waals surface area (Å²) in [7, 11) is 0. The molecule has 0 atom stereocenters. The largest absolute Gasteiger partial charge is 0.464 e. The van der Waals surface area contributed by atoms with Crippen LogP contribution in [0.2, 0.25) is 0 Å². The summed E-state index contributed by atoms with van der Waals surface area (Å²) in [6, 6.07) is 8.07. The molecule has 0 N–H and O–H groups in total. The van der Waals surface area contributed by atoms with E-state index in [1.807, 2.05) is 11.0 Å². The summed E-state index contributed by atoms with van der Waals surface area (Å²) < 4.78 is 4.86. The van der Waals surface area contributed by atoms with Crippen LogP contribution < -0.4 is 4.90 Å². The molecular formula is C13H15N3O4. The number of non-ortho nitro benzene ring substituents is 1. The second-order valence-electron chi connectivity index (χ2n) is 4.01. The Hall–Kier alpha value is -2.62. The number of nitriles is 1. The van der Waals surface area contributed by atoms with Gasteiger partial charge < -0.3 is 9.64 Å². The molecule has 0 amide bonds. The monoisotopic (exact) mass is 277 g/mol. The van der Waals surface area contributed by atoms with Crippen molar-refractivity contribution < 1.29 is 14.5 Å². The lowest BCUT2D eigenvalue weighted by atomic mass is 10.2. The molecule has 0 spiro atoms.